The van der Waals surface area contributed by atoms with Crippen LogP contribution in [0, 0.1) is 0 Å². The van der Waals surface area contributed by atoms with Gasteiger partial charge in [0.2, 0.25) is 15.9 Å². The van der Waals surface area contributed by atoms with E-state index in [-0.39, 0.29) is 17.3 Å². The zero-order valence-electron chi connectivity index (χ0n) is 15.2. The molecule has 3 rings (SSSR count). The fourth-order valence-corrected chi connectivity index (χ4v) is 4.92. The summed E-state index contributed by atoms with van der Waals surface area (Å²) in [6.07, 6.45) is 1.01. The number of anilines is 1. The topological polar surface area (TPSA) is 95.6 Å². The number of rotatable bonds is 5. The van der Waals surface area contributed by atoms with Crippen molar-refractivity contribution in [3.63, 3.8) is 0 Å². The molecule has 1 atom stereocenters. The summed E-state index contributed by atoms with van der Waals surface area (Å²) in [4.78, 5) is 24.6. The summed E-state index contributed by atoms with van der Waals surface area (Å²) in [7, 11) is -2.30. The quantitative estimate of drug-likeness (QED) is 0.775. The molecular formula is C19H20ClN3O4S. The maximum Gasteiger partial charge on any atom is 0.251 e. The lowest BCUT2D eigenvalue weighted by Gasteiger charge is -2.23. The average molecular weight is 422 g/mol. The Kier molecular flexibility index (Phi) is 6.02. The SMILES string of the molecule is CNC(=O)c1cccc(NC(=O)[C@@H]2CCCN2S(=O)(=O)c2ccc(Cl)cc2)c1. The molecule has 0 spiro atoms. The van der Waals surface area contributed by atoms with E-state index in [2.05, 4.69) is 10.6 Å². The second-order valence-corrected chi connectivity index (χ2v) is 8.70. The van der Waals surface area contributed by atoms with Crippen molar-refractivity contribution in [2.45, 2.75) is 23.8 Å². The number of sulfonamides is 1. The number of nitrogens with zero attached hydrogens (tertiary/aromatic N) is 1. The van der Waals surface area contributed by atoms with Crippen LogP contribution < -0.4 is 10.6 Å². The lowest BCUT2D eigenvalue weighted by Crippen LogP contribution is -2.43. The summed E-state index contributed by atoms with van der Waals surface area (Å²) in [5, 5.41) is 5.67. The van der Waals surface area contributed by atoms with Crippen LogP contribution in [0.2, 0.25) is 5.02 Å². The summed E-state index contributed by atoms with van der Waals surface area (Å²) in [6, 6.07) is 11.5. The second-order valence-electron chi connectivity index (χ2n) is 6.38. The van der Waals surface area contributed by atoms with Gasteiger partial charge in [-0.2, -0.15) is 4.31 Å². The molecule has 2 aromatic rings. The Morgan fingerprint density at radius 1 is 1.14 bits per heavy atom. The van der Waals surface area contributed by atoms with Crippen LogP contribution in [0.3, 0.4) is 0 Å². The van der Waals surface area contributed by atoms with Crippen molar-refractivity contribution in [2.24, 2.45) is 0 Å². The van der Waals surface area contributed by atoms with Crippen LogP contribution in [0.1, 0.15) is 23.2 Å². The number of carbonyl (C=O) groups is 2. The van der Waals surface area contributed by atoms with Crippen LogP contribution in [0.4, 0.5) is 5.69 Å². The first kappa shape index (κ1) is 20.3. The van der Waals surface area contributed by atoms with Crippen molar-refractivity contribution in [1.29, 1.82) is 0 Å². The van der Waals surface area contributed by atoms with Gasteiger partial charge in [-0.05, 0) is 55.3 Å². The van der Waals surface area contributed by atoms with Crippen molar-refractivity contribution in [1.82, 2.24) is 9.62 Å². The third kappa shape index (κ3) is 4.19. The number of benzene rings is 2. The average Bonchev–Trinajstić information content (AvgIpc) is 3.19. The predicted molar refractivity (Wildman–Crippen MR) is 107 cm³/mol. The molecule has 2 amide bonds. The molecule has 0 radical (unpaired) electrons. The molecule has 2 aromatic carbocycles. The van der Waals surface area contributed by atoms with Gasteiger partial charge >= 0.3 is 0 Å². The molecular weight excluding hydrogens is 402 g/mol. The van der Waals surface area contributed by atoms with Crippen molar-refractivity contribution >= 4 is 39.1 Å². The van der Waals surface area contributed by atoms with E-state index < -0.39 is 22.0 Å². The molecule has 1 aliphatic heterocycles. The maximum absolute atomic E-state index is 12.9. The van der Waals surface area contributed by atoms with E-state index in [4.69, 9.17) is 11.6 Å². The molecule has 1 fully saturated rings. The van der Waals surface area contributed by atoms with Gasteiger partial charge in [0, 0.05) is 29.9 Å². The van der Waals surface area contributed by atoms with Crippen LogP contribution >= 0.6 is 11.6 Å². The molecule has 0 unspecified atom stereocenters. The van der Waals surface area contributed by atoms with Crippen molar-refractivity contribution < 1.29 is 18.0 Å². The third-order valence-electron chi connectivity index (χ3n) is 4.55. The van der Waals surface area contributed by atoms with E-state index in [0.29, 0.717) is 29.1 Å². The number of nitrogens with one attached hydrogen (secondary N) is 2. The molecule has 1 aliphatic rings. The van der Waals surface area contributed by atoms with Crippen molar-refractivity contribution in [3.05, 3.63) is 59.1 Å². The van der Waals surface area contributed by atoms with Crippen molar-refractivity contribution in [3.8, 4) is 0 Å². The van der Waals surface area contributed by atoms with Gasteiger partial charge in [0.05, 0.1) is 4.90 Å². The van der Waals surface area contributed by atoms with E-state index in [1.54, 1.807) is 24.3 Å². The molecule has 0 aromatic heterocycles. The zero-order valence-corrected chi connectivity index (χ0v) is 16.8. The third-order valence-corrected chi connectivity index (χ3v) is 6.72. The van der Waals surface area contributed by atoms with Crippen LogP contribution in [-0.4, -0.2) is 44.2 Å². The Morgan fingerprint density at radius 3 is 2.54 bits per heavy atom. The van der Waals surface area contributed by atoms with Crippen LogP contribution in [-0.2, 0) is 14.8 Å². The van der Waals surface area contributed by atoms with Gasteiger partial charge in [-0.25, -0.2) is 8.42 Å². The fourth-order valence-electron chi connectivity index (χ4n) is 3.14. The normalized spacial score (nSPS) is 17.3. The van der Waals surface area contributed by atoms with Crippen molar-refractivity contribution in [2.75, 3.05) is 18.9 Å². The first-order chi connectivity index (χ1) is 13.3. The number of carbonyl (C=O) groups excluding carboxylic acids is 2. The predicted octanol–water partition coefficient (Wildman–Crippen LogP) is 2.49. The molecule has 148 valence electrons. The fraction of sp³-hybridized carbons (Fsp3) is 0.263. The maximum atomic E-state index is 12.9. The van der Waals surface area contributed by atoms with E-state index in [1.807, 2.05) is 0 Å². The number of halogens is 1. The van der Waals surface area contributed by atoms with E-state index in [1.165, 1.54) is 35.6 Å². The lowest BCUT2D eigenvalue weighted by atomic mass is 10.1. The first-order valence-corrected chi connectivity index (χ1v) is 10.5. The highest BCUT2D eigenvalue weighted by atomic mass is 35.5. The molecule has 7 nitrogen and oxygen atoms in total. The molecule has 0 aliphatic carbocycles. The van der Waals surface area contributed by atoms with Crippen LogP contribution in [0.15, 0.2) is 53.4 Å². The summed E-state index contributed by atoms with van der Waals surface area (Å²) in [5.74, 6) is -0.701. The minimum absolute atomic E-state index is 0.0956. The Hall–Kier alpha value is -2.42. The highest BCUT2D eigenvalue weighted by molar-refractivity contribution is 7.89. The summed E-state index contributed by atoms with van der Waals surface area (Å²) >= 11 is 5.84. The molecule has 1 heterocycles. The van der Waals surface area contributed by atoms with E-state index in [0.717, 1.165) is 0 Å². The van der Waals surface area contributed by atoms with Crippen LogP contribution in [0.25, 0.3) is 0 Å². The minimum atomic E-state index is -3.82. The molecule has 28 heavy (non-hydrogen) atoms. The molecule has 0 bridgehead atoms. The van der Waals surface area contributed by atoms with E-state index in [9.17, 15) is 18.0 Å². The van der Waals surface area contributed by atoms with Gasteiger partial charge in [0.25, 0.3) is 5.91 Å². The summed E-state index contributed by atoms with van der Waals surface area (Å²) in [6.45, 7) is 0.265. The van der Waals surface area contributed by atoms with Gasteiger partial charge in [0.1, 0.15) is 6.04 Å². The highest BCUT2D eigenvalue weighted by Crippen LogP contribution is 2.27. The first-order valence-electron chi connectivity index (χ1n) is 8.73. The molecule has 0 saturated carbocycles. The van der Waals surface area contributed by atoms with E-state index >= 15 is 0 Å². The van der Waals surface area contributed by atoms with Crippen LogP contribution in [0.5, 0.6) is 0 Å². The molecule has 9 heteroatoms. The monoisotopic (exact) mass is 421 g/mol. The standard InChI is InChI=1S/C19H20ClN3O4S/c1-21-18(24)13-4-2-5-15(12-13)22-19(25)17-6-3-11-23(17)28(26,27)16-9-7-14(20)8-10-16/h2,4-5,7-10,12,17H,3,6,11H2,1H3,(H,21,24)(H,22,25)/t17-/m0/s1. The second kappa shape index (κ2) is 8.30. The Morgan fingerprint density at radius 2 is 1.86 bits per heavy atom. The molecule has 2 N–H and O–H groups in total. The summed E-state index contributed by atoms with van der Waals surface area (Å²) < 4.78 is 27.1. The summed E-state index contributed by atoms with van der Waals surface area (Å²) in [5.41, 5.74) is 0.833. The minimum Gasteiger partial charge on any atom is -0.355 e. The van der Waals surface area contributed by atoms with Gasteiger partial charge in [0.15, 0.2) is 0 Å². The van der Waals surface area contributed by atoms with Gasteiger partial charge in [-0.1, -0.05) is 17.7 Å². The van der Waals surface area contributed by atoms with Gasteiger partial charge in [-0.3, -0.25) is 9.59 Å². The molecule has 1 saturated heterocycles. The highest BCUT2D eigenvalue weighted by Gasteiger charge is 2.39. The largest absolute Gasteiger partial charge is 0.355 e. The number of hydrogen-bond acceptors (Lipinski definition) is 4. The zero-order chi connectivity index (χ0) is 20.3. The van der Waals surface area contributed by atoms with Gasteiger partial charge in [-0.15, -0.1) is 0 Å². The number of hydrogen-bond donors (Lipinski definition) is 2. The smallest absolute Gasteiger partial charge is 0.251 e. The van der Waals surface area contributed by atoms with Gasteiger partial charge < -0.3 is 10.6 Å². The Balaban J connectivity index is 1.80. The lowest BCUT2D eigenvalue weighted by molar-refractivity contribution is -0.119. The number of amides is 2. The Labute approximate surface area is 168 Å². The Bertz CT molecular complexity index is 992.